The molecule has 2 N–H and O–H groups in total. The Kier molecular flexibility index (Phi) is 5.76. The molecule has 104 valence electrons. The SMILES string of the molecule is CCCC[C@H](NC(=O)c1cccc(Cl)c1F)C(=O)O. The molecule has 0 aromatic heterocycles. The lowest BCUT2D eigenvalue weighted by molar-refractivity contribution is -0.139. The number of amides is 1. The van der Waals surface area contributed by atoms with Crippen molar-refractivity contribution < 1.29 is 19.1 Å². The van der Waals surface area contributed by atoms with E-state index < -0.39 is 23.7 Å². The molecule has 1 aromatic carbocycles. The van der Waals surface area contributed by atoms with Crippen molar-refractivity contribution in [2.75, 3.05) is 0 Å². The van der Waals surface area contributed by atoms with E-state index in [1.54, 1.807) is 0 Å². The molecule has 0 bridgehead atoms. The Hall–Kier alpha value is -1.62. The van der Waals surface area contributed by atoms with Gasteiger partial charge >= 0.3 is 5.97 Å². The molecule has 0 aliphatic carbocycles. The summed E-state index contributed by atoms with van der Waals surface area (Å²) >= 11 is 5.57. The molecule has 6 heteroatoms. The number of benzene rings is 1. The summed E-state index contributed by atoms with van der Waals surface area (Å²) < 4.78 is 13.6. The number of hydrogen-bond acceptors (Lipinski definition) is 2. The van der Waals surface area contributed by atoms with Gasteiger partial charge in [0.2, 0.25) is 0 Å². The number of rotatable bonds is 6. The second-order valence-electron chi connectivity index (χ2n) is 4.11. The number of nitrogens with one attached hydrogen (secondary N) is 1. The fourth-order valence-electron chi connectivity index (χ4n) is 1.58. The molecule has 0 spiro atoms. The van der Waals surface area contributed by atoms with Crippen molar-refractivity contribution in [1.29, 1.82) is 0 Å². The third kappa shape index (κ3) is 4.21. The zero-order valence-corrected chi connectivity index (χ0v) is 11.2. The number of carbonyl (C=O) groups excluding carboxylic acids is 1. The predicted molar refractivity (Wildman–Crippen MR) is 69.8 cm³/mol. The molecule has 0 aliphatic heterocycles. The number of unbranched alkanes of at least 4 members (excludes halogenated alkanes) is 1. The quantitative estimate of drug-likeness (QED) is 0.845. The van der Waals surface area contributed by atoms with Crippen LogP contribution < -0.4 is 5.32 Å². The predicted octanol–water partition coefficient (Wildman–Crippen LogP) is 2.85. The smallest absolute Gasteiger partial charge is 0.326 e. The summed E-state index contributed by atoms with van der Waals surface area (Å²) in [6.07, 6.45) is 1.78. The van der Waals surface area contributed by atoms with Gasteiger partial charge in [0, 0.05) is 0 Å². The molecule has 1 amide bonds. The highest BCUT2D eigenvalue weighted by Gasteiger charge is 2.22. The van der Waals surface area contributed by atoms with Gasteiger partial charge in [-0.1, -0.05) is 37.4 Å². The minimum atomic E-state index is -1.13. The second-order valence-corrected chi connectivity index (χ2v) is 4.52. The Morgan fingerprint density at radius 1 is 1.47 bits per heavy atom. The molecule has 0 fully saturated rings. The second kappa shape index (κ2) is 7.09. The van der Waals surface area contributed by atoms with Crippen molar-refractivity contribution in [2.45, 2.75) is 32.2 Å². The van der Waals surface area contributed by atoms with Gasteiger partial charge in [0.1, 0.15) is 6.04 Å². The van der Waals surface area contributed by atoms with Crippen LogP contribution in [0.15, 0.2) is 18.2 Å². The number of hydrogen-bond donors (Lipinski definition) is 2. The fraction of sp³-hybridized carbons (Fsp3) is 0.385. The highest BCUT2D eigenvalue weighted by atomic mass is 35.5. The Morgan fingerprint density at radius 2 is 2.16 bits per heavy atom. The van der Waals surface area contributed by atoms with Crippen LogP contribution in [-0.2, 0) is 4.79 Å². The summed E-state index contributed by atoms with van der Waals surface area (Å²) in [5.74, 6) is -2.76. The fourth-order valence-corrected chi connectivity index (χ4v) is 1.76. The molecule has 0 saturated carbocycles. The monoisotopic (exact) mass is 287 g/mol. The first-order valence-corrected chi connectivity index (χ1v) is 6.32. The van der Waals surface area contributed by atoms with E-state index in [2.05, 4.69) is 5.32 Å². The molecule has 19 heavy (non-hydrogen) atoms. The van der Waals surface area contributed by atoms with Crippen LogP contribution in [0.5, 0.6) is 0 Å². The van der Waals surface area contributed by atoms with Gasteiger partial charge in [-0.25, -0.2) is 9.18 Å². The largest absolute Gasteiger partial charge is 0.480 e. The van der Waals surface area contributed by atoms with Crippen molar-refractivity contribution in [3.05, 3.63) is 34.6 Å². The number of carboxylic acids is 1. The molecule has 0 aliphatic rings. The summed E-state index contributed by atoms with van der Waals surface area (Å²) in [7, 11) is 0. The van der Waals surface area contributed by atoms with Gasteiger partial charge in [0.05, 0.1) is 10.6 Å². The minimum Gasteiger partial charge on any atom is -0.480 e. The minimum absolute atomic E-state index is 0.173. The van der Waals surface area contributed by atoms with E-state index in [1.807, 2.05) is 6.92 Å². The van der Waals surface area contributed by atoms with E-state index in [4.69, 9.17) is 16.7 Å². The molecule has 1 aromatic rings. The van der Waals surface area contributed by atoms with Crippen LogP contribution in [0.25, 0.3) is 0 Å². The Balaban J connectivity index is 2.82. The van der Waals surface area contributed by atoms with Crippen LogP contribution in [0.3, 0.4) is 0 Å². The van der Waals surface area contributed by atoms with Gasteiger partial charge in [-0.15, -0.1) is 0 Å². The number of aliphatic carboxylic acids is 1. The molecule has 4 nitrogen and oxygen atoms in total. The maximum atomic E-state index is 13.6. The van der Waals surface area contributed by atoms with Crippen molar-refractivity contribution >= 4 is 23.5 Å². The Bertz CT molecular complexity index is 479. The van der Waals surface area contributed by atoms with Crippen LogP contribution >= 0.6 is 11.6 Å². The van der Waals surface area contributed by atoms with E-state index in [9.17, 15) is 14.0 Å². The van der Waals surface area contributed by atoms with Gasteiger partial charge in [-0.05, 0) is 18.6 Å². The summed E-state index contributed by atoms with van der Waals surface area (Å²) in [4.78, 5) is 22.8. The van der Waals surface area contributed by atoms with Gasteiger partial charge in [0.25, 0.3) is 5.91 Å². The summed E-state index contributed by atoms with van der Waals surface area (Å²) in [6.45, 7) is 1.91. The van der Waals surface area contributed by atoms with E-state index in [0.29, 0.717) is 12.8 Å². The topological polar surface area (TPSA) is 66.4 Å². The van der Waals surface area contributed by atoms with Crippen molar-refractivity contribution in [1.82, 2.24) is 5.32 Å². The van der Waals surface area contributed by atoms with Crippen LogP contribution in [0.4, 0.5) is 4.39 Å². The summed E-state index contributed by atoms with van der Waals surface area (Å²) in [5, 5.41) is 11.1. The highest BCUT2D eigenvalue weighted by Crippen LogP contribution is 2.18. The lowest BCUT2D eigenvalue weighted by Gasteiger charge is -2.14. The van der Waals surface area contributed by atoms with Crippen LogP contribution in [0.2, 0.25) is 5.02 Å². The standard InChI is InChI=1S/C13H15ClFNO3/c1-2-3-7-10(13(18)19)16-12(17)8-5-4-6-9(14)11(8)15/h4-6,10H,2-3,7H2,1H3,(H,16,17)(H,18,19)/t10-/m0/s1. The average molecular weight is 288 g/mol. The normalized spacial score (nSPS) is 11.9. The van der Waals surface area contributed by atoms with Crippen molar-refractivity contribution in [2.24, 2.45) is 0 Å². The molecule has 0 heterocycles. The van der Waals surface area contributed by atoms with Gasteiger partial charge in [-0.3, -0.25) is 4.79 Å². The van der Waals surface area contributed by atoms with E-state index in [0.717, 1.165) is 6.42 Å². The van der Waals surface area contributed by atoms with Gasteiger partial charge < -0.3 is 10.4 Å². The zero-order chi connectivity index (χ0) is 14.4. The summed E-state index contributed by atoms with van der Waals surface area (Å²) in [5.41, 5.74) is -0.254. The molecule has 1 atom stereocenters. The van der Waals surface area contributed by atoms with Crippen LogP contribution in [0.1, 0.15) is 36.5 Å². The lowest BCUT2D eigenvalue weighted by Crippen LogP contribution is -2.41. The first-order valence-electron chi connectivity index (χ1n) is 5.95. The molecule has 0 saturated heterocycles. The van der Waals surface area contributed by atoms with Gasteiger partial charge in [0.15, 0.2) is 5.82 Å². The average Bonchev–Trinajstić information content (AvgIpc) is 2.37. The summed E-state index contributed by atoms with van der Waals surface area (Å²) in [6, 6.07) is 2.99. The third-order valence-corrected chi connectivity index (χ3v) is 2.94. The Labute approximate surface area is 115 Å². The molecule has 0 unspecified atom stereocenters. The van der Waals surface area contributed by atoms with E-state index in [1.165, 1.54) is 18.2 Å². The first-order chi connectivity index (χ1) is 8.97. The third-order valence-electron chi connectivity index (χ3n) is 2.65. The molecule has 0 radical (unpaired) electrons. The van der Waals surface area contributed by atoms with Crippen molar-refractivity contribution in [3.63, 3.8) is 0 Å². The maximum Gasteiger partial charge on any atom is 0.326 e. The first kappa shape index (κ1) is 15.4. The number of carboxylic acid groups (broad SMARTS) is 1. The number of halogens is 2. The maximum absolute atomic E-state index is 13.6. The lowest BCUT2D eigenvalue weighted by atomic mass is 10.1. The number of carbonyl (C=O) groups is 2. The molecular formula is C13H15ClFNO3. The van der Waals surface area contributed by atoms with Gasteiger partial charge in [-0.2, -0.15) is 0 Å². The van der Waals surface area contributed by atoms with Crippen LogP contribution in [0, 0.1) is 5.82 Å². The Morgan fingerprint density at radius 3 is 2.74 bits per heavy atom. The highest BCUT2D eigenvalue weighted by molar-refractivity contribution is 6.31. The van der Waals surface area contributed by atoms with E-state index in [-0.39, 0.29) is 10.6 Å². The zero-order valence-electron chi connectivity index (χ0n) is 10.5. The van der Waals surface area contributed by atoms with Crippen molar-refractivity contribution in [3.8, 4) is 0 Å². The molecule has 1 rings (SSSR count). The molecular weight excluding hydrogens is 273 g/mol. The van der Waals surface area contributed by atoms with E-state index >= 15 is 0 Å². The van der Waals surface area contributed by atoms with Crippen LogP contribution in [-0.4, -0.2) is 23.0 Å².